The Hall–Kier alpha value is -1.06. The molecular weight excluding hydrogens is 259 g/mol. The first kappa shape index (κ1) is 19.5. The van der Waals surface area contributed by atoms with E-state index in [-0.39, 0.29) is 0 Å². The molecule has 0 saturated heterocycles. The van der Waals surface area contributed by atoms with Crippen molar-refractivity contribution in [1.82, 2.24) is 0 Å². The van der Waals surface area contributed by atoms with Crippen molar-refractivity contribution in [1.29, 1.82) is 11.1 Å². The lowest BCUT2D eigenvalue weighted by Crippen LogP contribution is -2.02. The zero-order valence-corrected chi connectivity index (χ0v) is 10.9. The Kier molecular flexibility index (Phi) is 20.0. The molecule has 6 N–H and O–H groups in total. The number of hydrazone groups is 2. The van der Waals surface area contributed by atoms with Crippen molar-refractivity contribution in [3.05, 3.63) is 0 Å². The Labute approximate surface area is 98.1 Å². The van der Waals surface area contributed by atoms with Crippen LogP contribution < -0.4 is 11.7 Å². The molecule has 11 heteroatoms. The Balaban J connectivity index is -0.000000144. The summed E-state index contributed by atoms with van der Waals surface area (Å²) in [5, 5.41) is 11.1. The Bertz CT molecular complexity index is 177. The van der Waals surface area contributed by atoms with E-state index in [4.69, 9.17) is 33.2 Å². The molecule has 0 aromatic rings. The highest BCUT2D eigenvalue weighted by Crippen LogP contribution is 2.10. The summed E-state index contributed by atoms with van der Waals surface area (Å²) in [5.74, 6) is 8.99. The Morgan fingerprint density at radius 1 is 1.00 bits per heavy atom. The molecule has 0 atom stereocenters. The Morgan fingerprint density at radius 3 is 1.20 bits per heavy atom. The van der Waals surface area contributed by atoms with Crippen molar-refractivity contribution >= 4 is 41.5 Å². The smallest absolute Gasteiger partial charge is 0.245 e. The van der Waals surface area contributed by atoms with Crippen molar-refractivity contribution in [3.8, 4) is 0 Å². The van der Waals surface area contributed by atoms with Gasteiger partial charge in [-0.05, 0) is 13.1 Å². The monoisotopic (exact) mass is 272 g/mol. The average molecular weight is 273 g/mol. The quantitative estimate of drug-likeness (QED) is 0.116. The molecule has 0 aliphatic rings. The summed E-state index contributed by atoms with van der Waals surface area (Å²) in [4.78, 5) is 0. The van der Waals surface area contributed by atoms with Crippen LogP contribution in [0, 0.1) is 11.1 Å². The van der Waals surface area contributed by atoms with E-state index < -0.39 is 6.69 Å². The molecule has 0 aromatic heterocycles. The first-order chi connectivity index (χ1) is 6.83. The normalized spacial score (nSPS) is 9.87. The van der Waals surface area contributed by atoms with Gasteiger partial charge in [0.05, 0.1) is 0 Å². The standard InChI is InChI=1S/C2H6Cl2Si.2CH4N4/c1-5(2,3)4;2*2-4-1-5-3/h1-2H3;2*1-2H,3H2. The molecule has 0 saturated carbocycles. The third-order valence-electron chi connectivity index (χ3n) is 0.249. The van der Waals surface area contributed by atoms with Gasteiger partial charge in [-0.1, -0.05) is 0 Å². The van der Waals surface area contributed by atoms with Crippen LogP contribution in [-0.2, 0) is 0 Å². The van der Waals surface area contributed by atoms with E-state index in [2.05, 4.69) is 32.1 Å². The summed E-state index contributed by atoms with van der Waals surface area (Å²) in [7, 11) is 0. The lowest BCUT2D eigenvalue weighted by molar-refractivity contribution is 1.17. The summed E-state index contributed by atoms with van der Waals surface area (Å²) in [6, 6.07) is 0. The van der Waals surface area contributed by atoms with Gasteiger partial charge < -0.3 is 11.7 Å². The van der Waals surface area contributed by atoms with Gasteiger partial charge in [-0.25, -0.2) is 11.1 Å². The maximum absolute atomic E-state index is 6.00. The molecule has 0 aliphatic carbocycles. The van der Waals surface area contributed by atoms with Crippen LogP contribution in [0.15, 0.2) is 20.4 Å². The third-order valence-corrected chi connectivity index (χ3v) is 0.249. The fourth-order valence-corrected chi connectivity index (χ4v) is 0.0667. The molecule has 0 bridgehead atoms. The first-order valence-electron chi connectivity index (χ1n) is 3.37. The van der Waals surface area contributed by atoms with Crippen LogP contribution in [0.3, 0.4) is 0 Å². The predicted octanol–water partition coefficient (Wildman–Crippen LogP) is 2.00. The van der Waals surface area contributed by atoms with E-state index in [1.165, 1.54) is 0 Å². The molecule has 0 amide bonds. The van der Waals surface area contributed by atoms with E-state index in [9.17, 15) is 0 Å². The second-order valence-corrected chi connectivity index (χ2v) is 11.0. The van der Waals surface area contributed by atoms with E-state index >= 15 is 0 Å². The van der Waals surface area contributed by atoms with Crippen molar-refractivity contribution in [2.24, 2.45) is 32.1 Å². The number of rotatable bonds is 2. The molecule has 0 aliphatic heterocycles. The Morgan fingerprint density at radius 2 is 1.20 bits per heavy atom. The number of hydrogen-bond acceptors (Lipinski definition) is 6. The van der Waals surface area contributed by atoms with E-state index in [0.29, 0.717) is 0 Å². The summed E-state index contributed by atoms with van der Waals surface area (Å²) in [6.45, 7) is 2.05. The molecule has 15 heavy (non-hydrogen) atoms. The number of halogens is 2. The number of nitrogens with one attached hydrogen (secondary N) is 2. The van der Waals surface area contributed by atoms with Crippen LogP contribution in [0.25, 0.3) is 0 Å². The van der Waals surface area contributed by atoms with E-state index in [1.54, 1.807) is 0 Å². The maximum Gasteiger partial charge on any atom is 0.245 e. The van der Waals surface area contributed by atoms with Gasteiger partial charge in [-0.15, -0.1) is 32.4 Å². The van der Waals surface area contributed by atoms with Gasteiger partial charge in [0.2, 0.25) is 6.69 Å². The van der Waals surface area contributed by atoms with Crippen LogP contribution >= 0.6 is 22.2 Å². The molecule has 0 aromatic carbocycles. The minimum absolute atomic E-state index is 0.944. The van der Waals surface area contributed by atoms with Crippen LogP contribution in [0.1, 0.15) is 0 Å². The fourth-order valence-electron chi connectivity index (χ4n) is 0.0667. The van der Waals surface area contributed by atoms with Crippen molar-refractivity contribution < 1.29 is 0 Å². The molecular formula is C4H14Cl2N8Si. The molecule has 0 heterocycles. The predicted molar refractivity (Wildman–Crippen MR) is 64.8 cm³/mol. The highest BCUT2D eigenvalue weighted by Gasteiger charge is 2.08. The third kappa shape index (κ3) is 179. The second-order valence-electron chi connectivity index (χ2n) is 2.11. The number of nitrogens with two attached hydrogens (primary N) is 2. The van der Waals surface area contributed by atoms with Gasteiger partial charge in [0.1, 0.15) is 0 Å². The number of hydrogen-bond donors (Lipinski definition) is 4. The highest BCUT2D eigenvalue weighted by atomic mass is 35.7. The first-order valence-corrected chi connectivity index (χ1v) is 8.40. The van der Waals surface area contributed by atoms with Crippen LogP contribution in [-0.4, -0.2) is 19.4 Å². The fraction of sp³-hybridized carbons (Fsp3) is 0.500. The van der Waals surface area contributed by atoms with Crippen molar-refractivity contribution in [3.63, 3.8) is 0 Å². The van der Waals surface area contributed by atoms with Gasteiger partial charge >= 0.3 is 0 Å². The lowest BCUT2D eigenvalue weighted by atomic mass is 11.4. The highest BCUT2D eigenvalue weighted by molar-refractivity contribution is 7.44. The average Bonchev–Trinajstić information content (AvgIpc) is 2.05. The minimum Gasteiger partial charge on any atom is -0.322 e. The van der Waals surface area contributed by atoms with Crippen LogP contribution in [0.2, 0.25) is 13.1 Å². The SMILES string of the molecule is C[Si](C)(Cl)Cl.N=NC=NN.N=NC=NN. The molecule has 0 radical (unpaired) electrons. The summed E-state index contributed by atoms with van der Waals surface area (Å²) < 4.78 is 0. The largest absolute Gasteiger partial charge is 0.322 e. The summed E-state index contributed by atoms with van der Waals surface area (Å²) >= 11 is 10.9. The van der Waals surface area contributed by atoms with Gasteiger partial charge in [-0.3, -0.25) is 0 Å². The summed E-state index contributed by atoms with van der Waals surface area (Å²) in [5.41, 5.74) is 12.0. The van der Waals surface area contributed by atoms with Crippen LogP contribution in [0.4, 0.5) is 0 Å². The second kappa shape index (κ2) is 15.4. The van der Waals surface area contributed by atoms with Crippen LogP contribution in [0.5, 0.6) is 0 Å². The topological polar surface area (TPSA) is 149 Å². The van der Waals surface area contributed by atoms with Crippen molar-refractivity contribution in [2.45, 2.75) is 13.1 Å². The van der Waals surface area contributed by atoms with Gasteiger partial charge in [0, 0.05) is 0 Å². The minimum atomic E-state index is -1.67. The summed E-state index contributed by atoms with van der Waals surface area (Å²) in [6.07, 6.45) is 1.89. The molecule has 8 nitrogen and oxygen atoms in total. The zero-order chi connectivity index (χ0) is 12.7. The van der Waals surface area contributed by atoms with Gasteiger partial charge in [-0.2, -0.15) is 10.2 Å². The molecule has 0 fully saturated rings. The zero-order valence-electron chi connectivity index (χ0n) is 8.35. The molecule has 0 spiro atoms. The number of nitrogens with zero attached hydrogens (tertiary/aromatic N) is 4. The van der Waals surface area contributed by atoms with Crippen molar-refractivity contribution in [2.75, 3.05) is 0 Å². The maximum atomic E-state index is 6.00. The van der Waals surface area contributed by atoms with E-state index in [0.717, 1.165) is 12.7 Å². The lowest BCUT2D eigenvalue weighted by Gasteiger charge is -1.93. The van der Waals surface area contributed by atoms with Gasteiger partial charge in [0.15, 0.2) is 12.7 Å². The van der Waals surface area contributed by atoms with E-state index in [1.807, 2.05) is 13.1 Å². The van der Waals surface area contributed by atoms with Gasteiger partial charge in [0.25, 0.3) is 0 Å². The molecule has 0 rings (SSSR count). The molecule has 88 valence electrons. The molecule has 0 unspecified atom stereocenters.